The summed E-state index contributed by atoms with van der Waals surface area (Å²) in [5.74, 6) is -2.11. The number of hydrogen-bond donors (Lipinski definition) is 2. The number of thiophene rings is 1. The molecule has 2 unspecified atom stereocenters. The summed E-state index contributed by atoms with van der Waals surface area (Å²) in [6.45, 7) is 6.03. The van der Waals surface area contributed by atoms with Crippen molar-refractivity contribution in [3.63, 3.8) is 0 Å². The van der Waals surface area contributed by atoms with Crippen molar-refractivity contribution in [3.8, 4) is 0 Å². The SMILES string of the molecule is COC(=O)c1c(NC(=O)COC(=O)c2ccc(N3C(=O)CC(Sc4cccc(N)c4)C3=O)cc2)sc2c1CCC(C(C)(C)C)C2. The molecular formula is C33H35N3O7S2. The van der Waals surface area contributed by atoms with Crippen molar-refractivity contribution in [1.29, 1.82) is 0 Å². The lowest BCUT2D eigenvalue weighted by atomic mass is 9.72. The number of benzene rings is 2. The zero-order valence-corrected chi connectivity index (χ0v) is 27.1. The Labute approximate surface area is 269 Å². The second-order valence-electron chi connectivity index (χ2n) is 12.1. The van der Waals surface area contributed by atoms with E-state index in [1.807, 2.05) is 6.07 Å². The van der Waals surface area contributed by atoms with Crippen molar-refractivity contribution in [2.24, 2.45) is 11.3 Å². The molecule has 0 bridgehead atoms. The maximum Gasteiger partial charge on any atom is 0.341 e. The maximum absolute atomic E-state index is 13.1. The van der Waals surface area contributed by atoms with E-state index in [2.05, 4.69) is 26.1 Å². The Hall–Kier alpha value is -4.16. The van der Waals surface area contributed by atoms with E-state index in [0.717, 1.165) is 39.5 Å². The average Bonchev–Trinajstić information content (AvgIpc) is 3.49. The van der Waals surface area contributed by atoms with E-state index in [0.29, 0.717) is 27.9 Å². The Bertz CT molecular complexity index is 1660. The summed E-state index contributed by atoms with van der Waals surface area (Å²) in [6.07, 6.45) is 2.50. The highest BCUT2D eigenvalue weighted by Crippen LogP contribution is 2.44. The Kier molecular flexibility index (Phi) is 9.36. The molecule has 236 valence electrons. The summed E-state index contributed by atoms with van der Waals surface area (Å²) in [7, 11) is 1.31. The summed E-state index contributed by atoms with van der Waals surface area (Å²) in [5, 5.41) is 2.54. The number of amides is 3. The monoisotopic (exact) mass is 649 g/mol. The van der Waals surface area contributed by atoms with Crippen LogP contribution in [0.1, 0.15) is 64.8 Å². The van der Waals surface area contributed by atoms with Gasteiger partial charge in [0.2, 0.25) is 11.8 Å². The van der Waals surface area contributed by atoms with Gasteiger partial charge in [0, 0.05) is 21.9 Å². The Balaban J connectivity index is 1.19. The number of fused-ring (bicyclic) bond motifs is 1. The fourth-order valence-corrected chi connectivity index (χ4v) is 8.03. The molecule has 1 aliphatic carbocycles. The lowest BCUT2D eigenvalue weighted by Crippen LogP contribution is -2.31. The molecule has 1 aliphatic heterocycles. The molecule has 12 heteroatoms. The molecule has 0 radical (unpaired) electrons. The zero-order chi connectivity index (χ0) is 32.5. The van der Waals surface area contributed by atoms with Gasteiger partial charge in [0.05, 0.1) is 29.2 Å². The predicted molar refractivity (Wildman–Crippen MR) is 174 cm³/mol. The molecule has 45 heavy (non-hydrogen) atoms. The van der Waals surface area contributed by atoms with Crippen LogP contribution >= 0.6 is 23.1 Å². The number of rotatable bonds is 8. The van der Waals surface area contributed by atoms with Crippen LogP contribution in [-0.2, 0) is 36.7 Å². The maximum atomic E-state index is 13.1. The number of esters is 2. The van der Waals surface area contributed by atoms with Crippen LogP contribution in [0.2, 0.25) is 0 Å². The fourth-order valence-electron chi connectivity index (χ4n) is 5.57. The van der Waals surface area contributed by atoms with Crippen molar-refractivity contribution in [2.75, 3.05) is 29.7 Å². The van der Waals surface area contributed by atoms with Crippen LogP contribution in [0.5, 0.6) is 0 Å². The third-order valence-electron chi connectivity index (χ3n) is 8.07. The second kappa shape index (κ2) is 13.1. The standard InChI is InChI=1S/C33H35N3O7S2/c1-33(2,3)19-10-13-23-24(14-19)45-29(28(23)32(41)42-4)35-26(37)17-43-31(40)18-8-11-21(12-9-18)36-27(38)16-25(30(36)39)44-22-7-5-6-20(34)15-22/h5-9,11-12,15,19,25H,10,13-14,16-17,34H2,1-4H3,(H,35,37). The Morgan fingerprint density at radius 3 is 2.47 bits per heavy atom. The molecule has 2 heterocycles. The van der Waals surface area contributed by atoms with E-state index in [1.54, 1.807) is 18.2 Å². The van der Waals surface area contributed by atoms with Crippen LogP contribution in [0.3, 0.4) is 0 Å². The van der Waals surface area contributed by atoms with Gasteiger partial charge in [0.15, 0.2) is 6.61 Å². The number of nitrogens with zero attached hydrogens (tertiary/aromatic N) is 1. The lowest BCUT2D eigenvalue weighted by molar-refractivity contribution is -0.121. The van der Waals surface area contributed by atoms with Crippen LogP contribution in [0.15, 0.2) is 53.4 Å². The normalized spacial score (nSPS) is 18.0. The fraction of sp³-hybridized carbons (Fsp3) is 0.364. The van der Waals surface area contributed by atoms with Crippen molar-refractivity contribution in [2.45, 2.75) is 56.6 Å². The molecule has 2 atom stereocenters. The molecule has 3 amide bonds. The van der Waals surface area contributed by atoms with Gasteiger partial charge in [-0.2, -0.15) is 0 Å². The van der Waals surface area contributed by atoms with Crippen molar-refractivity contribution >= 4 is 69.1 Å². The molecule has 10 nitrogen and oxygen atoms in total. The van der Waals surface area contributed by atoms with E-state index in [4.69, 9.17) is 15.2 Å². The summed E-state index contributed by atoms with van der Waals surface area (Å²) < 4.78 is 10.2. The van der Waals surface area contributed by atoms with Gasteiger partial charge < -0.3 is 20.5 Å². The first-order chi connectivity index (χ1) is 21.3. The van der Waals surface area contributed by atoms with Crippen LogP contribution in [0.25, 0.3) is 0 Å². The van der Waals surface area contributed by atoms with Gasteiger partial charge in [0.1, 0.15) is 5.00 Å². The van der Waals surface area contributed by atoms with Gasteiger partial charge in [0.25, 0.3) is 5.91 Å². The Morgan fingerprint density at radius 1 is 1.07 bits per heavy atom. The molecule has 1 aromatic heterocycles. The number of anilines is 3. The van der Waals surface area contributed by atoms with Gasteiger partial charge in [-0.15, -0.1) is 23.1 Å². The van der Waals surface area contributed by atoms with Gasteiger partial charge >= 0.3 is 11.9 Å². The van der Waals surface area contributed by atoms with Crippen molar-refractivity contribution in [1.82, 2.24) is 0 Å². The molecule has 0 saturated carbocycles. The largest absolute Gasteiger partial charge is 0.465 e. The number of hydrogen-bond acceptors (Lipinski definition) is 10. The molecule has 3 aromatic rings. The van der Waals surface area contributed by atoms with Crippen LogP contribution < -0.4 is 16.0 Å². The minimum absolute atomic E-state index is 0.0410. The van der Waals surface area contributed by atoms with E-state index in [-0.39, 0.29) is 29.2 Å². The number of nitrogen functional groups attached to an aromatic ring is 1. The van der Waals surface area contributed by atoms with E-state index in [9.17, 15) is 24.0 Å². The van der Waals surface area contributed by atoms with Gasteiger partial charge in [-0.3, -0.25) is 14.4 Å². The number of ether oxygens (including phenoxy) is 2. The third kappa shape index (κ3) is 7.07. The van der Waals surface area contributed by atoms with Gasteiger partial charge in [-0.1, -0.05) is 26.8 Å². The highest BCUT2D eigenvalue weighted by atomic mass is 32.2. The minimum atomic E-state index is -0.752. The predicted octanol–water partition coefficient (Wildman–Crippen LogP) is 5.49. The van der Waals surface area contributed by atoms with Crippen LogP contribution in [0.4, 0.5) is 16.4 Å². The molecule has 1 saturated heterocycles. The molecule has 1 fully saturated rings. The van der Waals surface area contributed by atoms with E-state index < -0.39 is 29.7 Å². The number of nitrogens with two attached hydrogens (primary N) is 1. The summed E-state index contributed by atoms with van der Waals surface area (Å²) in [4.78, 5) is 66.9. The first kappa shape index (κ1) is 32.2. The molecule has 2 aliphatic rings. The first-order valence-corrected chi connectivity index (χ1v) is 16.2. The number of carbonyl (C=O) groups is 5. The van der Waals surface area contributed by atoms with Crippen LogP contribution in [0, 0.1) is 11.3 Å². The molecule has 5 rings (SSSR count). The Morgan fingerprint density at radius 2 is 1.80 bits per heavy atom. The molecule has 3 N–H and O–H groups in total. The van der Waals surface area contributed by atoms with Crippen molar-refractivity contribution in [3.05, 3.63) is 70.1 Å². The number of nitrogens with one attached hydrogen (secondary N) is 1. The highest BCUT2D eigenvalue weighted by molar-refractivity contribution is 8.00. The number of methoxy groups -OCH3 is 1. The molecular weight excluding hydrogens is 615 g/mol. The summed E-state index contributed by atoms with van der Waals surface area (Å²) in [6, 6.07) is 13.0. The number of carbonyl (C=O) groups excluding carboxylic acids is 5. The number of imide groups is 1. The average molecular weight is 650 g/mol. The summed E-state index contributed by atoms with van der Waals surface area (Å²) >= 11 is 2.64. The topological polar surface area (TPSA) is 145 Å². The third-order valence-corrected chi connectivity index (χ3v) is 10.4. The van der Waals surface area contributed by atoms with Crippen LogP contribution in [-0.4, -0.2) is 48.6 Å². The quantitative estimate of drug-likeness (QED) is 0.184. The zero-order valence-electron chi connectivity index (χ0n) is 25.5. The summed E-state index contributed by atoms with van der Waals surface area (Å²) in [5.41, 5.74) is 8.26. The lowest BCUT2D eigenvalue weighted by Gasteiger charge is -2.33. The van der Waals surface area contributed by atoms with E-state index in [1.165, 1.54) is 54.5 Å². The second-order valence-corrected chi connectivity index (χ2v) is 14.5. The van der Waals surface area contributed by atoms with E-state index >= 15 is 0 Å². The van der Waals surface area contributed by atoms with Gasteiger partial charge in [-0.05, 0) is 78.6 Å². The first-order valence-electron chi connectivity index (χ1n) is 14.5. The highest BCUT2D eigenvalue weighted by Gasteiger charge is 2.40. The molecule has 2 aromatic carbocycles. The smallest absolute Gasteiger partial charge is 0.341 e. The molecule has 0 spiro atoms. The van der Waals surface area contributed by atoms with Crippen molar-refractivity contribution < 1.29 is 33.4 Å². The van der Waals surface area contributed by atoms with Gasteiger partial charge in [-0.25, -0.2) is 14.5 Å². The number of thioether (sulfide) groups is 1. The minimum Gasteiger partial charge on any atom is -0.465 e.